The first-order valence-corrected chi connectivity index (χ1v) is 8.46. The molecule has 1 aliphatic heterocycles. The fourth-order valence-electron chi connectivity index (χ4n) is 3.14. The first-order chi connectivity index (χ1) is 12.6. The highest BCUT2D eigenvalue weighted by Gasteiger charge is 2.21. The van der Waals surface area contributed by atoms with Crippen molar-refractivity contribution < 1.29 is 4.92 Å². The van der Waals surface area contributed by atoms with Gasteiger partial charge in [-0.05, 0) is 37.1 Å². The Morgan fingerprint density at radius 1 is 1.27 bits per heavy atom. The van der Waals surface area contributed by atoms with Gasteiger partial charge in [-0.1, -0.05) is 0 Å². The number of piperidine rings is 1. The number of aromatic amines is 1. The minimum Gasteiger partial charge on any atom is -0.356 e. The second-order valence-corrected chi connectivity index (χ2v) is 6.42. The number of hydrogen-bond donors (Lipinski definition) is 3. The summed E-state index contributed by atoms with van der Waals surface area (Å²) in [7, 11) is 0. The third-order valence-corrected chi connectivity index (χ3v) is 4.62. The van der Waals surface area contributed by atoms with Crippen LogP contribution in [0.3, 0.4) is 0 Å². The molecule has 0 radical (unpaired) electrons. The van der Waals surface area contributed by atoms with Gasteiger partial charge >= 0.3 is 5.69 Å². The summed E-state index contributed by atoms with van der Waals surface area (Å²) in [5, 5.41) is 22.2. The Labute approximate surface area is 149 Å². The maximum atomic E-state index is 11.4. The van der Waals surface area contributed by atoms with Crippen LogP contribution in [0.4, 0.5) is 23.0 Å². The van der Waals surface area contributed by atoms with Crippen LogP contribution in [-0.4, -0.2) is 39.2 Å². The van der Waals surface area contributed by atoms with Crippen LogP contribution in [0.2, 0.25) is 0 Å². The summed E-state index contributed by atoms with van der Waals surface area (Å²) in [5.74, 6) is 0.944. The van der Waals surface area contributed by atoms with E-state index >= 15 is 0 Å². The van der Waals surface area contributed by atoms with Gasteiger partial charge in [-0.2, -0.15) is 5.10 Å². The number of nitrogens with zero attached hydrogens (tertiary/aromatic N) is 4. The van der Waals surface area contributed by atoms with E-state index in [9.17, 15) is 10.1 Å². The summed E-state index contributed by atoms with van der Waals surface area (Å²) >= 11 is 0. The molecule has 26 heavy (non-hydrogen) atoms. The topological polar surface area (TPSA) is 126 Å². The first kappa shape index (κ1) is 16.3. The minimum atomic E-state index is -0.429. The van der Waals surface area contributed by atoms with E-state index in [0.29, 0.717) is 5.69 Å². The van der Waals surface area contributed by atoms with Crippen LogP contribution < -0.4 is 16.0 Å². The van der Waals surface area contributed by atoms with Crippen molar-refractivity contribution in [1.82, 2.24) is 15.2 Å². The van der Waals surface area contributed by atoms with Crippen LogP contribution in [0.15, 0.2) is 36.5 Å². The van der Waals surface area contributed by atoms with Gasteiger partial charge in [0.05, 0.1) is 16.6 Å². The van der Waals surface area contributed by atoms with Crippen molar-refractivity contribution >= 4 is 33.9 Å². The fourth-order valence-corrected chi connectivity index (χ4v) is 3.14. The first-order valence-electron chi connectivity index (χ1n) is 8.46. The van der Waals surface area contributed by atoms with Gasteiger partial charge in [-0.15, -0.1) is 0 Å². The van der Waals surface area contributed by atoms with Crippen molar-refractivity contribution in [3.05, 3.63) is 46.6 Å². The monoisotopic (exact) mass is 353 g/mol. The van der Waals surface area contributed by atoms with E-state index in [0.717, 1.165) is 42.7 Å². The van der Waals surface area contributed by atoms with E-state index in [4.69, 9.17) is 5.73 Å². The molecule has 1 aromatic carbocycles. The van der Waals surface area contributed by atoms with E-state index in [-0.39, 0.29) is 17.5 Å². The molecule has 1 aliphatic rings. The Kier molecular flexibility index (Phi) is 4.13. The quantitative estimate of drug-likeness (QED) is 0.486. The van der Waals surface area contributed by atoms with Crippen molar-refractivity contribution in [2.45, 2.75) is 18.9 Å². The van der Waals surface area contributed by atoms with Crippen molar-refractivity contribution in [2.24, 2.45) is 5.73 Å². The molecule has 4 rings (SSSR count). The number of nitrogens with one attached hydrogen (secondary N) is 2. The van der Waals surface area contributed by atoms with Gasteiger partial charge in [0.2, 0.25) is 5.82 Å². The lowest BCUT2D eigenvalue weighted by Gasteiger charge is -2.31. The zero-order valence-electron chi connectivity index (χ0n) is 14.1. The highest BCUT2D eigenvalue weighted by atomic mass is 16.6. The second kappa shape index (κ2) is 6.60. The number of benzene rings is 1. The summed E-state index contributed by atoms with van der Waals surface area (Å²) in [6, 6.07) is 8.97. The predicted molar refractivity (Wildman–Crippen MR) is 99.7 cm³/mol. The molecule has 3 heterocycles. The Morgan fingerprint density at radius 3 is 2.85 bits per heavy atom. The average molecular weight is 353 g/mol. The number of nitrogens with two attached hydrogens (primary N) is 1. The number of nitro groups is 1. The third kappa shape index (κ3) is 3.16. The number of fused-ring (bicyclic) bond motifs is 1. The minimum absolute atomic E-state index is 0.0604. The molecular weight excluding hydrogens is 334 g/mol. The highest BCUT2D eigenvalue weighted by Crippen LogP contribution is 2.30. The maximum Gasteiger partial charge on any atom is 0.311 e. The maximum absolute atomic E-state index is 11.4. The average Bonchev–Trinajstić information content (AvgIpc) is 3.10. The Morgan fingerprint density at radius 2 is 2.08 bits per heavy atom. The summed E-state index contributed by atoms with van der Waals surface area (Å²) in [5.41, 5.74) is 7.51. The molecule has 0 saturated carbocycles. The molecule has 0 amide bonds. The molecule has 134 valence electrons. The number of aromatic nitrogens is 3. The molecule has 1 fully saturated rings. The second-order valence-electron chi connectivity index (χ2n) is 6.42. The van der Waals surface area contributed by atoms with E-state index in [1.54, 1.807) is 12.3 Å². The number of pyridine rings is 1. The van der Waals surface area contributed by atoms with Gasteiger partial charge in [0.25, 0.3) is 0 Å². The fraction of sp³-hybridized carbons (Fsp3) is 0.294. The molecular formula is C17H19N7O2. The normalized spacial score (nSPS) is 15.3. The standard InChI is InChI=1S/C17H19N7O2/c18-12-5-7-23(8-6-12)16-4-3-15(24(25)26)17(21-16)20-13-1-2-14-11(9-13)10-19-22-14/h1-4,9-10,12H,5-8,18H2,(H,19,22)(H,20,21). The zero-order chi connectivity index (χ0) is 18.1. The van der Waals surface area contributed by atoms with Crippen molar-refractivity contribution in [3.63, 3.8) is 0 Å². The Bertz CT molecular complexity index is 947. The van der Waals surface area contributed by atoms with Gasteiger partial charge in [0.1, 0.15) is 5.82 Å². The van der Waals surface area contributed by atoms with Crippen LogP contribution in [0.1, 0.15) is 12.8 Å². The van der Waals surface area contributed by atoms with E-state index in [1.807, 2.05) is 18.2 Å². The number of rotatable bonds is 4. The lowest BCUT2D eigenvalue weighted by Crippen LogP contribution is -2.40. The molecule has 0 unspecified atom stereocenters. The largest absolute Gasteiger partial charge is 0.356 e. The zero-order valence-corrected chi connectivity index (χ0v) is 14.1. The van der Waals surface area contributed by atoms with Crippen molar-refractivity contribution in [3.8, 4) is 0 Å². The number of H-pyrrole nitrogens is 1. The van der Waals surface area contributed by atoms with Gasteiger partial charge < -0.3 is 16.0 Å². The Hall–Kier alpha value is -3.20. The lowest BCUT2D eigenvalue weighted by molar-refractivity contribution is -0.384. The molecule has 4 N–H and O–H groups in total. The van der Waals surface area contributed by atoms with Crippen LogP contribution in [0.5, 0.6) is 0 Å². The molecule has 0 atom stereocenters. The summed E-state index contributed by atoms with van der Waals surface area (Å²) in [6.45, 7) is 1.60. The smallest absolute Gasteiger partial charge is 0.311 e. The van der Waals surface area contributed by atoms with Gasteiger partial charge in [0.15, 0.2) is 0 Å². The van der Waals surface area contributed by atoms with Crippen molar-refractivity contribution in [2.75, 3.05) is 23.3 Å². The molecule has 1 saturated heterocycles. The van der Waals surface area contributed by atoms with Crippen molar-refractivity contribution in [1.29, 1.82) is 0 Å². The molecule has 0 spiro atoms. The Balaban J connectivity index is 1.65. The van der Waals surface area contributed by atoms with Gasteiger partial charge in [0, 0.05) is 36.3 Å². The van der Waals surface area contributed by atoms with Gasteiger partial charge in [-0.3, -0.25) is 15.2 Å². The van der Waals surface area contributed by atoms with Crippen LogP contribution in [-0.2, 0) is 0 Å². The number of anilines is 3. The molecule has 0 bridgehead atoms. The van der Waals surface area contributed by atoms with E-state index < -0.39 is 4.92 Å². The summed E-state index contributed by atoms with van der Waals surface area (Å²) < 4.78 is 0. The highest BCUT2D eigenvalue weighted by molar-refractivity contribution is 5.83. The van der Waals surface area contributed by atoms with E-state index in [2.05, 4.69) is 25.4 Å². The van der Waals surface area contributed by atoms with Gasteiger partial charge in [-0.25, -0.2) is 4.98 Å². The molecule has 9 nitrogen and oxygen atoms in total. The molecule has 3 aromatic rings. The lowest BCUT2D eigenvalue weighted by atomic mass is 10.1. The SMILES string of the molecule is NC1CCN(c2ccc([N+](=O)[O-])c(Nc3ccc4[nH]ncc4c3)n2)CC1. The van der Waals surface area contributed by atoms with Crippen LogP contribution >= 0.6 is 0 Å². The molecule has 0 aliphatic carbocycles. The number of hydrogen-bond acceptors (Lipinski definition) is 7. The van der Waals surface area contributed by atoms with E-state index in [1.165, 1.54) is 6.07 Å². The third-order valence-electron chi connectivity index (χ3n) is 4.62. The molecule has 2 aromatic heterocycles. The molecule has 9 heteroatoms. The summed E-state index contributed by atoms with van der Waals surface area (Å²) in [4.78, 5) is 17.6. The summed E-state index contributed by atoms with van der Waals surface area (Å²) in [6.07, 6.45) is 3.48. The van der Waals surface area contributed by atoms with Crippen LogP contribution in [0, 0.1) is 10.1 Å². The predicted octanol–water partition coefficient (Wildman–Crippen LogP) is 2.54. The van der Waals surface area contributed by atoms with Crippen LogP contribution in [0.25, 0.3) is 10.9 Å².